The van der Waals surface area contributed by atoms with Gasteiger partial charge in [0.15, 0.2) is 0 Å². The number of sulfonamides is 1. The quantitative estimate of drug-likeness (QED) is 0.634. The zero-order valence-electron chi connectivity index (χ0n) is 12.6. The van der Waals surface area contributed by atoms with Gasteiger partial charge in [-0.1, -0.05) is 6.92 Å². The van der Waals surface area contributed by atoms with E-state index in [9.17, 15) is 8.42 Å². The van der Waals surface area contributed by atoms with E-state index in [1.54, 1.807) is 13.8 Å². The number of anilines is 1. The number of rotatable bonds is 7. The average Bonchev–Trinajstić information content (AvgIpc) is 2.45. The average molecular weight is 318 g/mol. The maximum atomic E-state index is 12.4. The van der Waals surface area contributed by atoms with Gasteiger partial charge in [0.25, 0.3) is 0 Å². The first kappa shape index (κ1) is 17.5. The second-order valence-electron chi connectivity index (χ2n) is 4.81. The molecular formula is C13H22N2O5S. The minimum Gasteiger partial charge on any atom is -0.495 e. The first-order chi connectivity index (χ1) is 9.76. The van der Waals surface area contributed by atoms with Crippen molar-refractivity contribution in [1.29, 1.82) is 0 Å². The van der Waals surface area contributed by atoms with E-state index in [-0.39, 0.29) is 28.9 Å². The summed E-state index contributed by atoms with van der Waals surface area (Å²) in [5.41, 5.74) is 5.95. The lowest BCUT2D eigenvalue weighted by atomic mass is 10.1. The maximum absolute atomic E-state index is 12.4. The summed E-state index contributed by atoms with van der Waals surface area (Å²) in [4.78, 5) is -0.0692. The summed E-state index contributed by atoms with van der Waals surface area (Å²) in [5, 5.41) is 9.09. The van der Waals surface area contributed by atoms with Crippen LogP contribution < -0.4 is 19.9 Å². The number of ether oxygens (including phenoxy) is 2. The highest BCUT2D eigenvalue weighted by Crippen LogP contribution is 2.33. The highest BCUT2D eigenvalue weighted by Gasteiger charge is 2.25. The summed E-state index contributed by atoms with van der Waals surface area (Å²) < 4.78 is 37.5. The number of nitrogen functional groups attached to an aromatic ring is 1. The number of methoxy groups -OCH3 is 2. The van der Waals surface area contributed by atoms with E-state index in [0.717, 1.165) is 0 Å². The van der Waals surface area contributed by atoms with Crippen LogP contribution >= 0.6 is 0 Å². The molecule has 0 bridgehead atoms. The van der Waals surface area contributed by atoms with E-state index in [0.29, 0.717) is 5.75 Å². The van der Waals surface area contributed by atoms with Gasteiger partial charge in [-0.05, 0) is 18.9 Å². The Labute approximate surface area is 125 Å². The van der Waals surface area contributed by atoms with Gasteiger partial charge in [0.2, 0.25) is 10.0 Å². The van der Waals surface area contributed by atoms with E-state index in [2.05, 4.69) is 4.72 Å². The number of hydrogen-bond acceptors (Lipinski definition) is 6. The molecule has 2 unspecified atom stereocenters. The molecule has 0 fully saturated rings. The normalized spacial score (nSPS) is 14.5. The SMILES string of the molecule is COc1cc(OC)c(S(=O)(=O)NC(C)C(C)CO)cc1N. The van der Waals surface area contributed by atoms with Gasteiger partial charge in [0.05, 0.1) is 19.9 Å². The minimum absolute atomic E-state index is 0.0692. The van der Waals surface area contributed by atoms with Gasteiger partial charge in [-0.3, -0.25) is 0 Å². The molecule has 1 rings (SSSR count). The predicted octanol–water partition coefficient (Wildman–Crippen LogP) is 0.581. The van der Waals surface area contributed by atoms with Crippen molar-refractivity contribution in [3.05, 3.63) is 12.1 Å². The molecule has 21 heavy (non-hydrogen) atoms. The Morgan fingerprint density at radius 1 is 1.24 bits per heavy atom. The number of benzene rings is 1. The zero-order valence-corrected chi connectivity index (χ0v) is 13.4. The van der Waals surface area contributed by atoms with Crippen molar-refractivity contribution in [2.45, 2.75) is 24.8 Å². The molecular weight excluding hydrogens is 296 g/mol. The Balaban J connectivity index is 3.22. The molecule has 2 atom stereocenters. The molecule has 0 saturated heterocycles. The van der Waals surface area contributed by atoms with Crippen LogP contribution in [0.3, 0.4) is 0 Å². The van der Waals surface area contributed by atoms with Crippen LogP contribution in [0, 0.1) is 5.92 Å². The number of aliphatic hydroxyl groups is 1. The van der Waals surface area contributed by atoms with Crippen LogP contribution in [0.4, 0.5) is 5.69 Å². The molecule has 0 saturated carbocycles. The molecule has 0 heterocycles. The lowest BCUT2D eigenvalue weighted by molar-refractivity contribution is 0.216. The number of nitrogens with one attached hydrogen (secondary N) is 1. The van der Waals surface area contributed by atoms with Crippen LogP contribution in [-0.4, -0.2) is 40.4 Å². The molecule has 8 heteroatoms. The Morgan fingerprint density at radius 3 is 2.29 bits per heavy atom. The van der Waals surface area contributed by atoms with Crippen molar-refractivity contribution < 1.29 is 23.0 Å². The molecule has 7 nitrogen and oxygen atoms in total. The standard InChI is InChI=1S/C13H22N2O5S/c1-8(7-16)9(2)15-21(17,18)13-5-10(14)11(19-3)6-12(13)20-4/h5-6,8-9,15-16H,7,14H2,1-4H3. The molecule has 0 radical (unpaired) electrons. The third-order valence-electron chi connectivity index (χ3n) is 3.29. The Kier molecular flexibility index (Phi) is 5.82. The van der Waals surface area contributed by atoms with Crippen LogP contribution in [0.1, 0.15) is 13.8 Å². The summed E-state index contributed by atoms with van der Waals surface area (Å²) in [5.74, 6) is 0.251. The van der Waals surface area contributed by atoms with Crippen LogP contribution in [0.5, 0.6) is 11.5 Å². The second-order valence-corrected chi connectivity index (χ2v) is 6.50. The zero-order chi connectivity index (χ0) is 16.2. The van der Waals surface area contributed by atoms with Crippen LogP contribution in [0.2, 0.25) is 0 Å². The third kappa shape index (κ3) is 3.99. The smallest absolute Gasteiger partial charge is 0.244 e. The van der Waals surface area contributed by atoms with Crippen LogP contribution in [0.25, 0.3) is 0 Å². The van der Waals surface area contributed by atoms with E-state index in [1.807, 2.05) is 0 Å². The fourth-order valence-electron chi connectivity index (χ4n) is 1.69. The van der Waals surface area contributed by atoms with Crippen molar-refractivity contribution >= 4 is 15.7 Å². The van der Waals surface area contributed by atoms with E-state index in [1.165, 1.54) is 26.4 Å². The van der Waals surface area contributed by atoms with Gasteiger partial charge in [-0.2, -0.15) is 0 Å². The van der Waals surface area contributed by atoms with Gasteiger partial charge in [-0.25, -0.2) is 13.1 Å². The third-order valence-corrected chi connectivity index (χ3v) is 4.87. The van der Waals surface area contributed by atoms with Gasteiger partial charge >= 0.3 is 0 Å². The van der Waals surface area contributed by atoms with E-state index >= 15 is 0 Å². The van der Waals surface area contributed by atoms with Gasteiger partial charge < -0.3 is 20.3 Å². The summed E-state index contributed by atoms with van der Waals surface area (Å²) in [6.45, 7) is 3.30. The molecule has 1 aromatic carbocycles. The molecule has 4 N–H and O–H groups in total. The van der Waals surface area contributed by atoms with Crippen LogP contribution in [0.15, 0.2) is 17.0 Å². The first-order valence-electron chi connectivity index (χ1n) is 6.41. The Morgan fingerprint density at radius 2 is 1.81 bits per heavy atom. The molecule has 0 aliphatic rings. The molecule has 0 aliphatic heterocycles. The van der Waals surface area contributed by atoms with E-state index in [4.69, 9.17) is 20.3 Å². The second kappa shape index (κ2) is 6.97. The lowest BCUT2D eigenvalue weighted by Gasteiger charge is -2.20. The van der Waals surface area contributed by atoms with Gasteiger partial charge in [0, 0.05) is 18.7 Å². The molecule has 0 aliphatic carbocycles. The molecule has 0 amide bonds. The maximum Gasteiger partial charge on any atom is 0.244 e. The monoisotopic (exact) mass is 318 g/mol. The molecule has 1 aromatic rings. The highest BCUT2D eigenvalue weighted by atomic mass is 32.2. The first-order valence-corrected chi connectivity index (χ1v) is 7.89. The van der Waals surface area contributed by atoms with Crippen molar-refractivity contribution in [1.82, 2.24) is 4.72 Å². The summed E-state index contributed by atoms with van der Waals surface area (Å²) in [6.07, 6.45) is 0. The fraction of sp³-hybridized carbons (Fsp3) is 0.538. The minimum atomic E-state index is -3.83. The van der Waals surface area contributed by atoms with Crippen LogP contribution in [-0.2, 0) is 10.0 Å². The lowest BCUT2D eigenvalue weighted by Crippen LogP contribution is -2.38. The summed E-state index contributed by atoms with van der Waals surface area (Å²) in [6, 6.07) is 2.27. The molecule has 0 aromatic heterocycles. The van der Waals surface area contributed by atoms with E-state index < -0.39 is 16.1 Å². The van der Waals surface area contributed by atoms with Gasteiger partial charge in [0.1, 0.15) is 16.4 Å². The fourth-order valence-corrected chi connectivity index (χ4v) is 3.22. The van der Waals surface area contributed by atoms with Crippen molar-refractivity contribution in [2.75, 3.05) is 26.6 Å². The predicted molar refractivity (Wildman–Crippen MR) is 80.0 cm³/mol. The highest BCUT2D eigenvalue weighted by molar-refractivity contribution is 7.89. The number of hydrogen-bond donors (Lipinski definition) is 3. The van der Waals surface area contributed by atoms with Crippen molar-refractivity contribution in [3.8, 4) is 11.5 Å². The Hall–Kier alpha value is -1.51. The Bertz CT molecular complexity index is 588. The topological polar surface area (TPSA) is 111 Å². The summed E-state index contributed by atoms with van der Waals surface area (Å²) in [7, 11) is -1.03. The number of aliphatic hydroxyl groups excluding tert-OH is 1. The van der Waals surface area contributed by atoms with Crippen molar-refractivity contribution in [2.24, 2.45) is 5.92 Å². The molecule has 120 valence electrons. The molecule has 0 spiro atoms. The van der Waals surface area contributed by atoms with Gasteiger partial charge in [-0.15, -0.1) is 0 Å². The summed E-state index contributed by atoms with van der Waals surface area (Å²) >= 11 is 0. The number of nitrogens with two attached hydrogens (primary N) is 1. The van der Waals surface area contributed by atoms with Crippen molar-refractivity contribution in [3.63, 3.8) is 0 Å². The largest absolute Gasteiger partial charge is 0.495 e.